The van der Waals surface area contributed by atoms with E-state index < -0.39 is 46.6 Å². The van der Waals surface area contributed by atoms with Crippen molar-refractivity contribution in [1.82, 2.24) is 0 Å². The van der Waals surface area contributed by atoms with E-state index in [1.165, 1.54) is 0 Å². The van der Waals surface area contributed by atoms with E-state index in [-0.39, 0.29) is 0 Å². The van der Waals surface area contributed by atoms with Crippen LogP contribution in [0.2, 0.25) is 0 Å². The zero-order valence-corrected chi connectivity index (χ0v) is 10.1. The van der Waals surface area contributed by atoms with Gasteiger partial charge in [-0.1, -0.05) is 13.8 Å². The summed E-state index contributed by atoms with van der Waals surface area (Å²) in [4.78, 5) is 34.7. The van der Waals surface area contributed by atoms with Crippen molar-refractivity contribution in [3.05, 3.63) is 11.3 Å². The van der Waals surface area contributed by atoms with Gasteiger partial charge in [-0.25, -0.2) is 0 Å². The van der Waals surface area contributed by atoms with Crippen molar-refractivity contribution in [2.24, 2.45) is 5.92 Å². The minimum atomic E-state index is -2.21. The molecule has 0 spiro atoms. The van der Waals surface area contributed by atoms with Crippen molar-refractivity contribution in [3.8, 4) is 0 Å². The molecular weight excluding hydrogens is 224 g/mol. The number of aliphatic hydroxyl groups excluding tert-OH is 1. The summed E-state index contributed by atoms with van der Waals surface area (Å²) in [6, 6.07) is 0. The molecule has 2 atom stereocenters. The SMILES string of the molecule is CCC(C)C(=O)C1=C(O)C(O)(C(C)=O)CC1=O. The summed E-state index contributed by atoms with van der Waals surface area (Å²) in [5.74, 6) is -3.15. The smallest absolute Gasteiger partial charge is 0.187 e. The van der Waals surface area contributed by atoms with Crippen LogP contribution in [0.3, 0.4) is 0 Å². The molecule has 5 heteroatoms. The van der Waals surface area contributed by atoms with E-state index in [1.54, 1.807) is 13.8 Å². The summed E-state index contributed by atoms with van der Waals surface area (Å²) in [6.45, 7) is 4.47. The fraction of sp³-hybridized carbons (Fsp3) is 0.583. The minimum Gasteiger partial charge on any atom is -0.508 e. The average molecular weight is 240 g/mol. The first-order valence-electron chi connectivity index (χ1n) is 5.50. The van der Waals surface area contributed by atoms with Gasteiger partial charge in [0.15, 0.2) is 23.0 Å². The van der Waals surface area contributed by atoms with Gasteiger partial charge in [-0.3, -0.25) is 14.4 Å². The number of aliphatic hydroxyl groups is 2. The van der Waals surface area contributed by atoms with Gasteiger partial charge in [-0.05, 0) is 13.3 Å². The fourth-order valence-electron chi connectivity index (χ4n) is 1.72. The van der Waals surface area contributed by atoms with Crippen LogP contribution in [0, 0.1) is 5.92 Å². The molecule has 0 fully saturated rings. The third-order valence-corrected chi connectivity index (χ3v) is 3.21. The van der Waals surface area contributed by atoms with Crippen LogP contribution in [0.15, 0.2) is 11.3 Å². The largest absolute Gasteiger partial charge is 0.508 e. The average Bonchev–Trinajstić information content (AvgIpc) is 2.49. The highest BCUT2D eigenvalue weighted by Gasteiger charge is 2.50. The molecule has 2 unspecified atom stereocenters. The van der Waals surface area contributed by atoms with Crippen molar-refractivity contribution in [3.63, 3.8) is 0 Å². The Kier molecular flexibility index (Phi) is 3.52. The summed E-state index contributed by atoms with van der Waals surface area (Å²) in [7, 11) is 0. The molecule has 17 heavy (non-hydrogen) atoms. The van der Waals surface area contributed by atoms with E-state index in [0.29, 0.717) is 6.42 Å². The lowest BCUT2D eigenvalue weighted by Crippen LogP contribution is -2.37. The molecular formula is C12H16O5. The first-order chi connectivity index (χ1) is 7.75. The van der Waals surface area contributed by atoms with Crippen LogP contribution in [0.4, 0.5) is 0 Å². The Balaban J connectivity index is 3.23. The second-order valence-corrected chi connectivity index (χ2v) is 4.41. The van der Waals surface area contributed by atoms with Gasteiger partial charge in [0.25, 0.3) is 0 Å². The Morgan fingerprint density at radius 3 is 2.35 bits per heavy atom. The molecule has 0 amide bonds. The van der Waals surface area contributed by atoms with E-state index in [0.717, 1.165) is 6.92 Å². The number of hydrogen-bond donors (Lipinski definition) is 2. The predicted molar refractivity (Wildman–Crippen MR) is 59.4 cm³/mol. The molecule has 1 aliphatic rings. The number of carbonyl (C=O) groups is 3. The molecule has 0 aromatic heterocycles. The molecule has 0 aromatic rings. The number of carbonyl (C=O) groups excluding carboxylic acids is 3. The van der Waals surface area contributed by atoms with Crippen molar-refractivity contribution < 1.29 is 24.6 Å². The van der Waals surface area contributed by atoms with E-state index >= 15 is 0 Å². The van der Waals surface area contributed by atoms with Crippen molar-refractivity contribution in [1.29, 1.82) is 0 Å². The maximum atomic E-state index is 11.8. The Hall–Kier alpha value is -1.49. The quantitative estimate of drug-likeness (QED) is 0.706. The lowest BCUT2D eigenvalue weighted by Gasteiger charge is -2.17. The van der Waals surface area contributed by atoms with Gasteiger partial charge in [-0.2, -0.15) is 0 Å². The standard InChI is InChI=1S/C12H16O5/c1-4-6(2)10(15)9-8(14)5-12(17,7(3)13)11(9)16/h6,16-17H,4-5H2,1-3H3. The van der Waals surface area contributed by atoms with E-state index in [9.17, 15) is 24.6 Å². The lowest BCUT2D eigenvalue weighted by atomic mass is 9.95. The van der Waals surface area contributed by atoms with Crippen molar-refractivity contribution in [2.45, 2.75) is 39.2 Å². The maximum Gasteiger partial charge on any atom is 0.187 e. The Morgan fingerprint density at radius 1 is 1.47 bits per heavy atom. The molecule has 0 saturated heterocycles. The summed E-state index contributed by atoms with van der Waals surface area (Å²) < 4.78 is 0. The predicted octanol–water partition coefficient (Wildman–Crippen LogP) is 0.707. The first-order valence-corrected chi connectivity index (χ1v) is 5.50. The van der Waals surface area contributed by atoms with Crippen LogP contribution in [0.1, 0.15) is 33.6 Å². The molecule has 0 aromatic carbocycles. The topological polar surface area (TPSA) is 91.7 Å². The molecule has 5 nitrogen and oxygen atoms in total. The summed E-state index contributed by atoms with van der Waals surface area (Å²) in [5, 5.41) is 19.6. The van der Waals surface area contributed by atoms with E-state index in [4.69, 9.17) is 0 Å². The van der Waals surface area contributed by atoms with Gasteiger partial charge in [0.1, 0.15) is 11.3 Å². The third kappa shape index (κ3) is 2.02. The van der Waals surface area contributed by atoms with Crippen LogP contribution >= 0.6 is 0 Å². The monoisotopic (exact) mass is 240 g/mol. The van der Waals surface area contributed by atoms with Crippen LogP contribution in [-0.4, -0.2) is 33.2 Å². The minimum absolute atomic E-state index is 0.419. The summed E-state index contributed by atoms with van der Waals surface area (Å²) in [6.07, 6.45) is -0.0347. The highest BCUT2D eigenvalue weighted by atomic mass is 16.3. The number of rotatable bonds is 4. The second kappa shape index (κ2) is 4.41. The molecule has 1 rings (SSSR count). The Bertz CT molecular complexity index is 421. The molecule has 0 heterocycles. The highest BCUT2D eigenvalue weighted by Crippen LogP contribution is 2.34. The summed E-state index contributed by atoms with van der Waals surface area (Å²) in [5.41, 5.74) is -2.63. The highest BCUT2D eigenvalue weighted by molar-refractivity contribution is 6.25. The molecule has 1 aliphatic carbocycles. The number of Topliss-reactive ketones (excluding diaryl/α,β-unsaturated/α-hetero) is 3. The molecule has 0 radical (unpaired) electrons. The molecule has 0 saturated carbocycles. The van der Waals surface area contributed by atoms with Gasteiger partial charge >= 0.3 is 0 Å². The zero-order chi connectivity index (χ0) is 13.4. The molecule has 0 bridgehead atoms. The first kappa shape index (κ1) is 13.6. The number of ketones is 3. The lowest BCUT2D eigenvalue weighted by molar-refractivity contribution is -0.136. The molecule has 0 aliphatic heterocycles. The van der Waals surface area contributed by atoms with Crippen molar-refractivity contribution in [2.75, 3.05) is 0 Å². The Labute approximate surface area is 99.1 Å². The van der Waals surface area contributed by atoms with Gasteiger partial charge in [-0.15, -0.1) is 0 Å². The van der Waals surface area contributed by atoms with Gasteiger partial charge in [0, 0.05) is 5.92 Å². The van der Waals surface area contributed by atoms with Crippen molar-refractivity contribution >= 4 is 17.3 Å². The zero-order valence-electron chi connectivity index (χ0n) is 10.1. The van der Waals surface area contributed by atoms with Crippen LogP contribution in [0.25, 0.3) is 0 Å². The molecule has 94 valence electrons. The van der Waals surface area contributed by atoms with Crippen LogP contribution < -0.4 is 0 Å². The molecule has 2 N–H and O–H groups in total. The fourth-order valence-corrected chi connectivity index (χ4v) is 1.72. The van der Waals surface area contributed by atoms with Gasteiger partial charge < -0.3 is 10.2 Å². The van der Waals surface area contributed by atoms with Gasteiger partial charge in [0.2, 0.25) is 0 Å². The van der Waals surface area contributed by atoms with E-state index in [2.05, 4.69) is 0 Å². The summed E-state index contributed by atoms with van der Waals surface area (Å²) >= 11 is 0. The third-order valence-electron chi connectivity index (χ3n) is 3.21. The van der Waals surface area contributed by atoms with Crippen LogP contribution in [0.5, 0.6) is 0 Å². The van der Waals surface area contributed by atoms with E-state index in [1.807, 2.05) is 0 Å². The number of hydrogen-bond acceptors (Lipinski definition) is 5. The van der Waals surface area contributed by atoms with Crippen LogP contribution in [-0.2, 0) is 14.4 Å². The number of allylic oxidation sites excluding steroid dienone is 1. The Morgan fingerprint density at radius 2 is 2.00 bits per heavy atom. The normalized spacial score (nSPS) is 26.2. The second-order valence-electron chi connectivity index (χ2n) is 4.41. The maximum absolute atomic E-state index is 11.8. The van der Waals surface area contributed by atoms with Gasteiger partial charge in [0.05, 0.1) is 6.42 Å².